The van der Waals surface area contributed by atoms with Crippen LogP contribution in [-0.4, -0.2) is 60.6 Å². The number of carbonyl (C=O) groups excluding carboxylic acids is 1. The SMILES string of the molecule is CCCCOC(=O)c1cn(C2CC2)c2cc(N3CCNCC3)c(F)cc2c1=O.O=C(O)C(F)(F)F. The van der Waals surface area contributed by atoms with Gasteiger partial charge in [0.1, 0.15) is 11.4 Å². The van der Waals surface area contributed by atoms with Gasteiger partial charge in [0.05, 0.1) is 17.8 Å². The lowest BCUT2D eigenvalue weighted by molar-refractivity contribution is -0.192. The van der Waals surface area contributed by atoms with Gasteiger partial charge >= 0.3 is 18.1 Å². The van der Waals surface area contributed by atoms with Gasteiger partial charge in [0, 0.05) is 43.8 Å². The second kappa shape index (κ2) is 11.1. The summed E-state index contributed by atoms with van der Waals surface area (Å²) in [6, 6.07) is 3.30. The Morgan fingerprint density at radius 2 is 1.83 bits per heavy atom. The molecule has 0 unspecified atom stereocenters. The molecule has 0 bridgehead atoms. The van der Waals surface area contributed by atoms with E-state index in [2.05, 4.69) is 5.32 Å². The van der Waals surface area contributed by atoms with Gasteiger partial charge in [-0.1, -0.05) is 13.3 Å². The van der Waals surface area contributed by atoms with E-state index < -0.39 is 29.4 Å². The van der Waals surface area contributed by atoms with Crippen molar-refractivity contribution in [3.63, 3.8) is 0 Å². The summed E-state index contributed by atoms with van der Waals surface area (Å²) < 4.78 is 53.8. The summed E-state index contributed by atoms with van der Waals surface area (Å²) in [5.41, 5.74) is 0.734. The average Bonchev–Trinajstić information content (AvgIpc) is 3.65. The topological polar surface area (TPSA) is 101 Å². The van der Waals surface area contributed by atoms with Gasteiger partial charge in [-0.2, -0.15) is 13.2 Å². The first kappa shape index (κ1) is 26.5. The minimum absolute atomic E-state index is 0.00942. The molecule has 12 heteroatoms. The number of hydrogen-bond acceptors (Lipinski definition) is 6. The molecule has 0 atom stereocenters. The number of pyridine rings is 1. The minimum atomic E-state index is -5.08. The molecule has 1 aliphatic carbocycles. The highest BCUT2D eigenvalue weighted by molar-refractivity contribution is 5.94. The van der Waals surface area contributed by atoms with Crippen LogP contribution in [0.3, 0.4) is 0 Å². The Kier molecular flexibility index (Phi) is 8.36. The van der Waals surface area contributed by atoms with Crippen LogP contribution in [0, 0.1) is 5.82 Å². The van der Waals surface area contributed by atoms with Crippen LogP contribution in [0.2, 0.25) is 0 Å². The van der Waals surface area contributed by atoms with Crippen molar-refractivity contribution in [3.8, 4) is 0 Å². The molecule has 8 nitrogen and oxygen atoms in total. The maximum atomic E-state index is 14.9. The fourth-order valence-corrected chi connectivity index (χ4v) is 3.69. The molecule has 0 amide bonds. The number of carboxylic acid groups (broad SMARTS) is 1. The molecular weight excluding hydrogens is 474 g/mol. The highest BCUT2D eigenvalue weighted by Crippen LogP contribution is 2.38. The van der Waals surface area contributed by atoms with Crippen LogP contribution in [0.4, 0.5) is 23.2 Å². The molecule has 0 radical (unpaired) electrons. The number of nitrogens with one attached hydrogen (secondary N) is 1. The van der Waals surface area contributed by atoms with Crippen molar-refractivity contribution in [3.05, 3.63) is 39.9 Å². The van der Waals surface area contributed by atoms with Crippen LogP contribution in [0.15, 0.2) is 23.1 Å². The summed E-state index contributed by atoms with van der Waals surface area (Å²) in [7, 11) is 0. The van der Waals surface area contributed by atoms with E-state index in [-0.39, 0.29) is 23.6 Å². The summed E-state index contributed by atoms with van der Waals surface area (Å²) in [5.74, 6) is -3.81. The zero-order valence-electron chi connectivity index (χ0n) is 19.2. The molecule has 1 saturated heterocycles. The number of fused-ring (bicyclic) bond motifs is 1. The molecule has 192 valence electrons. The zero-order chi connectivity index (χ0) is 25.8. The van der Waals surface area contributed by atoms with Gasteiger partial charge in [-0.25, -0.2) is 14.0 Å². The van der Waals surface area contributed by atoms with E-state index in [9.17, 15) is 27.2 Å². The number of carboxylic acids is 1. The van der Waals surface area contributed by atoms with Gasteiger partial charge in [-0.3, -0.25) is 4.79 Å². The van der Waals surface area contributed by atoms with Crippen LogP contribution in [0.1, 0.15) is 49.0 Å². The molecule has 4 rings (SSSR count). The Hall–Kier alpha value is -3.15. The van der Waals surface area contributed by atoms with Crippen molar-refractivity contribution in [1.29, 1.82) is 0 Å². The number of hydrogen-bond donors (Lipinski definition) is 2. The van der Waals surface area contributed by atoms with E-state index >= 15 is 0 Å². The van der Waals surface area contributed by atoms with Crippen molar-refractivity contribution in [2.45, 2.75) is 44.8 Å². The minimum Gasteiger partial charge on any atom is -0.475 e. The predicted octanol–water partition coefficient (Wildman–Crippen LogP) is 3.48. The zero-order valence-corrected chi connectivity index (χ0v) is 19.2. The van der Waals surface area contributed by atoms with Crippen LogP contribution in [0.25, 0.3) is 10.9 Å². The van der Waals surface area contributed by atoms with E-state index in [4.69, 9.17) is 14.6 Å². The molecule has 1 aromatic heterocycles. The van der Waals surface area contributed by atoms with Crippen LogP contribution in [0.5, 0.6) is 0 Å². The number of halogens is 4. The van der Waals surface area contributed by atoms with Gasteiger partial charge in [0.2, 0.25) is 5.43 Å². The number of alkyl halides is 3. The van der Waals surface area contributed by atoms with Crippen molar-refractivity contribution >= 4 is 28.5 Å². The third-order valence-corrected chi connectivity index (χ3v) is 5.69. The Morgan fingerprint density at radius 3 is 2.37 bits per heavy atom. The standard InChI is InChI=1S/C21H26FN3O3.C2HF3O2/c1-2-3-10-28-21(27)16-13-25(14-4-5-14)18-12-19(24-8-6-23-7-9-24)17(22)11-15(18)20(16)26;3-2(4,5)1(6)7/h11-14,23H,2-10H2,1H3;(H,6,7). The molecule has 1 aliphatic heterocycles. The Bertz CT molecular complexity index is 1140. The second-order valence-corrected chi connectivity index (χ2v) is 8.36. The number of unbranched alkanes of at least 4 members (excludes halogenated alkanes) is 1. The van der Waals surface area contributed by atoms with E-state index in [1.165, 1.54) is 6.07 Å². The van der Waals surface area contributed by atoms with Crippen LogP contribution >= 0.6 is 0 Å². The van der Waals surface area contributed by atoms with Gasteiger partial charge < -0.3 is 24.6 Å². The first-order chi connectivity index (χ1) is 16.5. The number of esters is 1. The van der Waals surface area contributed by atoms with Crippen molar-refractivity contribution in [2.75, 3.05) is 37.7 Å². The molecule has 2 N–H and O–H groups in total. The summed E-state index contributed by atoms with van der Waals surface area (Å²) in [6.07, 6.45) is 0.150. The maximum Gasteiger partial charge on any atom is 0.490 e. The molecule has 1 aromatic carbocycles. The highest BCUT2D eigenvalue weighted by atomic mass is 19.4. The maximum absolute atomic E-state index is 14.9. The van der Waals surface area contributed by atoms with Crippen molar-refractivity contribution in [1.82, 2.24) is 9.88 Å². The number of rotatable bonds is 6. The normalized spacial score (nSPS) is 16.0. The van der Waals surface area contributed by atoms with E-state index in [1.54, 1.807) is 12.3 Å². The molecule has 2 aliphatic rings. The molecule has 2 fully saturated rings. The number of ether oxygens (including phenoxy) is 1. The van der Waals surface area contributed by atoms with Gasteiger partial charge in [-0.15, -0.1) is 0 Å². The molecule has 2 aromatic rings. The quantitative estimate of drug-likeness (QED) is 0.355. The largest absolute Gasteiger partial charge is 0.490 e. The molecule has 35 heavy (non-hydrogen) atoms. The second-order valence-electron chi connectivity index (χ2n) is 8.36. The third-order valence-electron chi connectivity index (χ3n) is 5.69. The van der Waals surface area contributed by atoms with E-state index in [0.717, 1.165) is 51.9 Å². The lowest BCUT2D eigenvalue weighted by Gasteiger charge is -2.30. The Balaban J connectivity index is 0.000000429. The molecule has 0 spiro atoms. The number of benzene rings is 1. The van der Waals surface area contributed by atoms with Crippen LogP contribution < -0.4 is 15.6 Å². The fourth-order valence-electron chi connectivity index (χ4n) is 3.69. The van der Waals surface area contributed by atoms with Gasteiger partial charge in [0.25, 0.3) is 0 Å². The predicted molar refractivity (Wildman–Crippen MR) is 120 cm³/mol. The summed E-state index contributed by atoms with van der Waals surface area (Å²) in [4.78, 5) is 36.3. The van der Waals surface area contributed by atoms with E-state index in [1.807, 2.05) is 16.4 Å². The average molecular weight is 501 g/mol. The number of aliphatic carboxylic acids is 1. The number of carbonyl (C=O) groups is 2. The highest BCUT2D eigenvalue weighted by Gasteiger charge is 2.38. The Labute approximate surface area is 198 Å². The van der Waals surface area contributed by atoms with Gasteiger partial charge in [-0.05, 0) is 31.4 Å². The number of anilines is 1. The first-order valence-electron chi connectivity index (χ1n) is 11.4. The smallest absolute Gasteiger partial charge is 0.475 e. The third kappa shape index (κ3) is 6.50. The summed E-state index contributed by atoms with van der Waals surface area (Å²) >= 11 is 0. The van der Waals surface area contributed by atoms with Crippen LogP contribution in [-0.2, 0) is 9.53 Å². The van der Waals surface area contributed by atoms with Gasteiger partial charge in [0.15, 0.2) is 0 Å². The fraction of sp³-hybridized carbons (Fsp3) is 0.522. The summed E-state index contributed by atoms with van der Waals surface area (Å²) in [5, 5.41) is 10.6. The molecular formula is C23H27F4N3O5. The number of nitrogens with zero attached hydrogens (tertiary/aromatic N) is 2. The van der Waals surface area contributed by atoms with E-state index in [0.29, 0.717) is 11.2 Å². The molecule has 1 saturated carbocycles. The lowest BCUT2D eigenvalue weighted by atomic mass is 10.1. The Morgan fingerprint density at radius 1 is 1.20 bits per heavy atom. The molecule has 2 heterocycles. The number of piperazine rings is 1. The first-order valence-corrected chi connectivity index (χ1v) is 11.4. The number of aromatic nitrogens is 1. The summed E-state index contributed by atoms with van der Waals surface area (Å²) in [6.45, 7) is 5.33. The lowest BCUT2D eigenvalue weighted by Crippen LogP contribution is -2.43. The van der Waals surface area contributed by atoms with Crippen molar-refractivity contribution in [2.24, 2.45) is 0 Å². The monoisotopic (exact) mass is 501 g/mol. The van der Waals surface area contributed by atoms with Crippen molar-refractivity contribution < 1.29 is 37.0 Å².